The topological polar surface area (TPSA) is 102 Å². The Morgan fingerprint density at radius 1 is 1.21 bits per heavy atom. The quantitative estimate of drug-likeness (QED) is 0.606. The fourth-order valence-corrected chi connectivity index (χ4v) is 2.49. The van der Waals surface area contributed by atoms with Crippen molar-refractivity contribution < 1.29 is 14.3 Å². The number of carbonyl (C=O) groups is 1. The highest BCUT2D eigenvalue weighted by Gasteiger charge is 2.15. The van der Waals surface area contributed by atoms with Gasteiger partial charge in [-0.2, -0.15) is 15.0 Å². The Morgan fingerprint density at radius 2 is 2.00 bits per heavy atom. The third-order valence-corrected chi connectivity index (χ3v) is 3.89. The normalized spacial score (nSPS) is 10.1. The molecule has 1 amide bonds. The number of rotatable bonds is 8. The second kappa shape index (κ2) is 9.19. The van der Waals surface area contributed by atoms with E-state index >= 15 is 0 Å². The molecule has 8 heteroatoms. The van der Waals surface area contributed by atoms with Gasteiger partial charge in [-0.1, -0.05) is 6.07 Å². The van der Waals surface area contributed by atoms with Crippen molar-refractivity contribution in [1.82, 2.24) is 14.8 Å². The molecule has 0 saturated carbocycles. The Morgan fingerprint density at radius 3 is 2.68 bits per heavy atom. The molecule has 2 aromatic heterocycles. The number of aromatic nitrogens is 3. The van der Waals surface area contributed by atoms with E-state index in [1.165, 1.54) is 10.9 Å². The van der Waals surface area contributed by atoms with Gasteiger partial charge in [-0.15, -0.1) is 0 Å². The van der Waals surface area contributed by atoms with E-state index in [1.807, 2.05) is 30.3 Å². The fourth-order valence-electron chi connectivity index (χ4n) is 2.49. The molecule has 2 heterocycles. The number of benzene rings is 1. The van der Waals surface area contributed by atoms with Crippen molar-refractivity contribution in [1.29, 1.82) is 5.26 Å². The van der Waals surface area contributed by atoms with Crippen LogP contribution >= 0.6 is 0 Å². The van der Waals surface area contributed by atoms with Gasteiger partial charge in [0, 0.05) is 12.6 Å². The van der Waals surface area contributed by atoms with Crippen LogP contribution in [0.3, 0.4) is 0 Å². The second-order valence-corrected chi connectivity index (χ2v) is 5.79. The molecule has 1 aromatic carbocycles. The minimum Gasteiger partial charge on any atom is -0.497 e. The van der Waals surface area contributed by atoms with Crippen molar-refractivity contribution in [3.63, 3.8) is 0 Å². The van der Waals surface area contributed by atoms with Crippen molar-refractivity contribution >= 4 is 11.7 Å². The van der Waals surface area contributed by atoms with Crippen LogP contribution in [0.4, 0.5) is 5.82 Å². The molecule has 28 heavy (non-hydrogen) atoms. The van der Waals surface area contributed by atoms with E-state index in [2.05, 4.69) is 15.4 Å². The molecule has 3 aromatic rings. The minimum absolute atomic E-state index is 0.229. The summed E-state index contributed by atoms with van der Waals surface area (Å²) in [5, 5.41) is 16.2. The summed E-state index contributed by atoms with van der Waals surface area (Å²) in [4.78, 5) is 16.5. The fraction of sp³-hybridized carbons (Fsp3) is 0.200. The molecule has 0 fully saturated rings. The van der Waals surface area contributed by atoms with Crippen molar-refractivity contribution in [3.8, 4) is 23.4 Å². The van der Waals surface area contributed by atoms with E-state index in [0.29, 0.717) is 30.4 Å². The van der Waals surface area contributed by atoms with Crippen LogP contribution in [0, 0.1) is 11.3 Å². The number of anilines is 1. The predicted octanol–water partition coefficient (Wildman–Crippen LogP) is 2.95. The van der Waals surface area contributed by atoms with Crippen LogP contribution in [-0.2, 0) is 4.79 Å². The van der Waals surface area contributed by atoms with Gasteiger partial charge in [0.15, 0.2) is 11.6 Å². The lowest BCUT2D eigenvalue weighted by atomic mass is 10.3. The molecule has 0 bridgehead atoms. The molecular formula is C20H19N5O3. The van der Waals surface area contributed by atoms with Gasteiger partial charge in [-0.3, -0.25) is 4.79 Å². The third-order valence-electron chi connectivity index (χ3n) is 3.89. The van der Waals surface area contributed by atoms with E-state index in [1.54, 1.807) is 31.5 Å². The van der Waals surface area contributed by atoms with Crippen molar-refractivity contribution in [2.45, 2.75) is 12.8 Å². The van der Waals surface area contributed by atoms with Gasteiger partial charge in [0.1, 0.15) is 23.1 Å². The molecule has 3 rings (SSSR count). The van der Waals surface area contributed by atoms with Crippen LogP contribution in [0.1, 0.15) is 18.4 Å². The van der Waals surface area contributed by atoms with Gasteiger partial charge in [-0.05, 0) is 42.8 Å². The van der Waals surface area contributed by atoms with Crippen LogP contribution < -0.4 is 14.8 Å². The number of hydrogen-bond donors (Lipinski definition) is 1. The molecule has 0 aliphatic rings. The van der Waals surface area contributed by atoms with Gasteiger partial charge < -0.3 is 14.8 Å². The maximum absolute atomic E-state index is 12.3. The van der Waals surface area contributed by atoms with E-state index in [9.17, 15) is 10.1 Å². The maximum atomic E-state index is 12.3. The van der Waals surface area contributed by atoms with E-state index in [-0.39, 0.29) is 17.9 Å². The van der Waals surface area contributed by atoms with Crippen molar-refractivity contribution in [2.75, 3.05) is 19.0 Å². The molecule has 0 saturated heterocycles. The third kappa shape index (κ3) is 4.65. The summed E-state index contributed by atoms with van der Waals surface area (Å²) in [6.07, 6.45) is 3.79. The zero-order valence-electron chi connectivity index (χ0n) is 15.3. The van der Waals surface area contributed by atoms with Crippen LogP contribution in [-0.4, -0.2) is 34.4 Å². The first-order valence-electron chi connectivity index (χ1n) is 8.67. The van der Waals surface area contributed by atoms with Crippen molar-refractivity contribution in [3.05, 3.63) is 60.4 Å². The van der Waals surface area contributed by atoms with Gasteiger partial charge in [0.05, 0.1) is 19.9 Å². The number of amides is 1. The van der Waals surface area contributed by atoms with Gasteiger partial charge in [-0.25, -0.2) is 4.98 Å². The van der Waals surface area contributed by atoms with Crippen LogP contribution in [0.25, 0.3) is 5.82 Å². The SMILES string of the molecule is COc1ccc(OCCCC(=O)Nc2c(C#N)cnn2-c2ccccn2)cc1. The lowest BCUT2D eigenvalue weighted by molar-refractivity contribution is -0.116. The summed E-state index contributed by atoms with van der Waals surface area (Å²) in [6.45, 7) is 0.393. The molecule has 0 aliphatic carbocycles. The van der Waals surface area contributed by atoms with Crippen LogP contribution in [0.2, 0.25) is 0 Å². The summed E-state index contributed by atoms with van der Waals surface area (Å²) >= 11 is 0. The number of nitrogens with one attached hydrogen (secondary N) is 1. The Bertz CT molecular complexity index is 962. The zero-order valence-corrected chi connectivity index (χ0v) is 15.3. The first-order valence-corrected chi connectivity index (χ1v) is 8.67. The summed E-state index contributed by atoms with van der Waals surface area (Å²) in [5.41, 5.74) is 0.272. The number of carbonyl (C=O) groups excluding carboxylic acids is 1. The number of pyridine rings is 1. The summed E-state index contributed by atoms with van der Waals surface area (Å²) < 4.78 is 12.1. The summed E-state index contributed by atoms with van der Waals surface area (Å²) in [5.74, 6) is 2.06. The van der Waals surface area contributed by atoms with Gasteiger partial charge in [0.25, 0.3) is 0 Å². The second-order valence-electron chi connectivity index (χ2n) is 5.79. The lowest BCUT2D eigenvalue weighted by Crippen LogP contribution is -2.17. The Balaban J connectivity index is 1.55. The Hall–Kier alpha value is -3.86. The molecule has 0 atom stereocenters. The molecule has 142 valence electrons. The number of methoxy groups -OCH3 is 1. The highest BCUT2D eigenvalue weighted by atomic mass is 16.5. The maximum Gasteiger partial charge on any atom is 0.225 e. The number of nitrogens with zero attached hydrogens (tertiary/aromatic N) is 4. The van der Waals surface area contributed by atoms with Crippen molar-refractivity contribution in [2.24, 2.45) is 0 Å². The average Bonchev–Trinajstić information content (AvgIpc) is 3.14. The molecular weight excluding hydrogens is 358 g/mol. The predicted molar refractivity (Wildman–Crippen MR) is 102 cm³/mol. The molecule has 0 radical (unpaired) electrons. The smallest absolute Gasteiger partial charge is 0.225 e. The standard InChI is InChI=1S/C20H19N5O3/c1-27-16-7-9-17(10-8-16)28-12-4-6-19(26)24-20-15(13-21)14-23-25(20)18-5-2-3-11-22-18/h2-3,5,7-11,14H,4,6,12H2,1H3,(H,24,26). The molecule has 0 aliphatic heterocycles. The summed E-state index contributed by atoms with van der Waals surface area (Å²) in [6, 6.07) is 14.6. The number of nitriles is 1. The largest absolute Gasteiger partial charge is 0.497 e. The van der Waals surface area contributed by atoms with E-state index in [0.717, 1.165) is 5.75 Å². The zero-order chi connectivity index (χ0) is 19.8. The molecule has 1 N–H and O–H groups in total. The number of ether oxygens (including phenoxy) is 2. The molecule has 0 unspecified atom stereocenters. The highest BCUT2D eigenvalue weighted by molar-refractivity contribution is 5.91. The number of hydrogen-bond acceptors (Lipinski definition) is 6. The first kappa shape index (κ1) is 18.9. The lowest BCUT2D eigenvalue weighted by Gasteiger charge is -2.09. The summed E-state index contributed by atoms with van der Waals surface area (Å²) in [7, 11) is 1.60. The minimum atomic E-state index is -0.229. The molecule has 0 spiro atoms. The first-order chi connectivity index (χ1) is 13.7. The Kier molecular flexibility index (Phi) is 6.21. The monoisotopic (exact) mass is 377 g/mol. The Labute approximate surface area is 162 Å². The molecule has 8 nitrogen and oxygen atoms in total. The van der Waals surface area contributed by atoms with E-state index < -0.39 is 0 Å². The van der Waals surface area contributed by atoms with Crippen LogP contribution in [0.15, 0.2) is 54.9 Å². The average molecular weight is 377 g/mol. The highest BCUT2D eigenvalue weighted by Crippen LogP contribution is 2.19. The van der Waals surface area contributed by atoms with Gasteiger partial charge in [0.2, 0.25) is 5.91 Å². The van der Waals surface area contributed by atoms with E-state index in [4.69, 9.17) is 9.47 Å². The van der Waals surface area contributed by atoms with Crippen LogP contribution in [0.5, 0.6) is 11.5 Å². The van der Waals surface area contributed by atoms with Gasteiger partial charge >= 0.3 is 0 Å².